The van der Waals surface area contributed by atoms with Gasteiger partial charge in [0.05, 0.1) is 5.56 Å². The zero-order valence-electron chi connectivity index (χ0n) is 10.4. The van der Waals surface area contributed by atoms with Crippen LogP contribution >= 0.6 is 0 Å². The van der Waals surface area contributed by atoms with Crippen molar-refractivity contribution in [2.24, 2.45) is 0 Å². The van der Waals surface area contributed by atoms with Crippen molar-refractivity contribution in [3.63, 3.8) is 0 Å². The molecule has 0 spiro atoms. The highest BCUT2D eigenvalue weighted by molar-refractivity contribution is 5.83. The number of para-hydroxylation sites is 1. The smallest absolute Gasteiger partial charge is 0.416 e. The van der Waals surface area contributed by atoms with Gasteiger partial charge in [0, 0.05) is 5.56 Å². The Balaban J connectivity index is 2.00. The summed E-state index contributed by atoms with van der Waals surface area (Å²) in [5.74, 6) is 0.755. The Bertz CT molecular complexity index is 654. The lowest BCUT2D eigenvalue weighted by atomic mass is 9.95. The van der Waals surface area contributed by atoms with Crippen molar-refractivity contribution in [3.05, 3.63) is 71.3 Å². The van der Waals surface area contributed by atoms with Crippen LogP contribution in [0.1, 0.15) is 16.7 Å². The minimum atomic E-state index is -4.31. The number of hydrogen-bond acceptors (Lipinski definition) is 1. The molecule has 1 aliphatic rings. The van der Waals surface area contributed by atoms with E-state index in [1.807, 2.05) is 30.3 Å². The fourth-order valence-electron chi connectivity index (χ4n) is 2.25. The number of alkyl halides is 3. The Hall–Kier alpha value is -2.23. The summed E-state index contributed by atoms with van der Waals surface area (Å²) in [6, 6.07) is 12.7. The molecule has 0 radical (unpaired) electrons. The highest BCUT2D eigenvalue weighted by Gasteiger charge is 2.30. The third kappa shape index (κ3) is 2.29. The van der Waals surface area contributed by atoms with E-state index in [0.717, 1.165) is 34.6 Å². The molecular formula is C16H11F3O. The van der Waals surface area contributed by atoms with E-state index >= 15 is 0 Å². The molecular weight excluding hydrogens is 265 g/mol. The maximum atomic E-state index is 12.6. The maximum absolute atomic E-state index is 12.6. The molecule has 1 heterocycles. The number of halogens is 3. The van der Waals surface area contributed by atoms with Crippen LogP contribution in [0.4, 0.5) is 13.2 Å². The Morgan fingerprint density at radius 1 is 0.900 bits per heavy atom. The molecule has 0 N–H and O–H groups in total. The van der Waals surface area contributed by atoms with Crippen LogP contribution in [0.2, 0.25) is 0 Å². The van der Waals surface area contributed by atoms with Crippen LogP contribution < -0.4 is 4.74 Å². The van der Waals surface area contributed by atoms with E-state index in [1.54, 1.807) is 0 Å². The molecule has 0 amide bonds. The Kier molecular flexibility index (Phi) is 3.01. The highest BCUT2D eigenvalue weighted by atomic mass is 19.4. The summed E-state index contributed by atoms with van der Waals surface area (Å²) in [7, 11) is 0. The third-order valence-electron chi connectivity index (χ3n) is 3.23. The monoisotopic (exact) mass is 276 g/mol. The number of rotatable bonds is 1. The van der Waals surface area contributed by atoms with Crippen LogP contribution in [0, 0.1) is 0 Å². The molecule has 0 fully saturated rings. The summed E-state index contributed by atoms with van der Waals surface area (Å²) in [6.07, 6.45) is -2.43. The van der Waals surface area contributed by atoms with E-state index in [-0.39, 0.29) is 0 Å². The maximum Gasteiger partial charge on any atom is 0.416 e. The summed E-state index contributed by atoms with van der Waals surface area (Å²) in [6.45, 7) is 0.424. The molecule has 4 heteroatoms. The molecule has 2 aromatic carbocycles. The summed E-state index contributed by atoms with van der Waals surface area (Å²) in [4.78, 5) is 0. The average molecular weight is 276 g/mol. The van der Waals surface area contributed by atoms with E-state index in [4.69, 9.17) is 4.74 Å². The SMILES string of the molecule is FC(F)(F)c1ccc(C2=CCOc3ccccc32)cc1. The molecule has 102 valence electrons. The predicted molar refractivity (Wildman–Crippen MR) is 70.5 cm³/mol. The molecule has 1 nitrogen and oxygen atoms in total. The predicted octanol–water partition coefficient (Wildman–Crippen LogP) is 4.53. The lowest BCUT2D eigenvalue weighted by Crippen LogP contribution is -2.07. The van der Waals surface area contributed by atoms with Crippen molar-refractivity contribution in [2.75, 3.05) is 6.61 Å². The zero-order valence-corrected chi connectivity index (χ0v) is 10.4. The van der Waals surface area contributed by atoms with E-state index in [1.165, 1.54) is 12.1 Å². The average Bonchev–Trinajstić information content (AvgIpc) is 2.46. The van der Waals surface area contributed by atoms with E-state index in [9.17, 15) is 13.2 Å². The van der Waals surface area contributed by atoms with Crippen LogP contribution in [0.5, 0.6) is 5.75 Å². The first kappa shape index (κ1) is 12.8. The fraction of sp³-hybridized carbons (Fsp3) is 0.125. The van der Waals surface area contributed by atoms with Crippen molar-refractivity contribution in [3.8, 4) is 5.75 Å². The van der Waals surface area contributed by atoms with Gasteiger partial charge in [-0.3, -0.25) is 0 Å². The van der Waals surface area contributed by atoms with Gasteiger partial charge in [0.25, 0.3) is 0 Å². The quantitative estimate of drug-likeness (QED) is 0.743. The largest absolute Gasteiger partial charge is 0.489 e. The first-order valence-corrected chi connectivity index (χ1v) is 6.16. The first-order valence-electron chi connectivity index (χ1n) is 6.16. The Labute approximate surface area is 114 Å². The molecule has 0 aromatic heterocycles. The van der Waals surface area contributed by atoms with Gasteiger partial charge in [-0.2, -0.15) is 13.2 Å². The summed E-state index contributed by atoms with van der Waals surface area (Å²) in [5, 5.41) is 0. The zero-order chi connectivity index (χ0) is 14.2. The van der Waals surface area contributed by atoms with Crippen molar-refractivity contribution < 1.29 is 17.9 Å². The van der Waals surface area contributed by atoms with Gasteiger partial charge >= 0.3 is 6.18 Å². The minimum absolute atomic E-state index is 0.424. The Morgan fingerprint density at radius 2 is 1.60 bits per heavy atom. The van der Waals surface area contributed by atoms with Crippen molar-refractivity contribution in [2.45, 2.75) is 6.18 Å². The van der Waals surface area contributed by atoms with Gasteiger partial charge in [-0.15, -0.1) is 0 Å². The van der Waals surface area contributed by atoms with Gasteiger partial charge in [-0.25, -0.2) is 0 Å². The molecule has 0 unspecified atom stereocenters. The van der Waals surface area contributed by atoms with Crippen LogP contribution in [0.3, 0.4) is 0 Å². The van der Waals surface area contributed by atoms with E-state index in [2.05, 4.69) is 0 Å². The molecule has 0 saturated heterocycles. The summed E-state index contributed by atoms with van der Waals surface area (Å²) in [5.41, 5.74) is 1.93. The topological polar surface area (TPSA) is 9.23 Å². The molecule has 0 atom stereocenters. The first-order chi connectivity index (χ1) is 9.55. The summed E-state index contributed by atoms with van der Waals surface area (Å²) < 4.78 is 43.2. The molecule has 2 aromatic rings. The minimum Gasteiger partial charge on any atom is -0.489 e. The fourth-order valence-corrected chi connectivity index (χ4v) is 2.25. The van der Waals surface area contributed by atoms with Gasteiger partial charge in [0.15, 0.2) is 0 Å². The number of fused-ring (bicyclic) bond motifs is 1. The number of ether oxygens (including phenoxy) is 1. The van der Waals surface area contributed by atoms with Gasteiger partial charge in [0.1, 0.15) is 12.4 Å². The molecule has 20 heavy (non-hydrogen) atoms. The van der Waals surface area contributed by atoms with Gasteiger partial charge < -0.3 is 4.74 Å². The van der Waals surface area contributed by atoms with Gasteiger partial charge in [0.2, 0.25) is 0 Å². The molecule has 3 rings (SSSR count). The standard InChI is InChI=1S/C16H11F3O/c17-16(18,19)12-7-5-11(6-8-12)13-9-10-20-15-4-2-1-3-14(13)15/h1-9H,10H2. The second kappa shape index (κ2) is 4.71. The van der Waals surface area contributed by atoms with Crippen LogP contribution in [-0.4, -0.2) is 6.61 Å². The van der Waals surface area contributed by atoms with E-state index in [0.29, 0.717) is 6.61 Å². The van der Waals surface area contributed by atoms with Crippen molar-refractivity contribution in [1.82, 2.24) is 0 Å². The molecule has 0 bridgehead atoms. The third-order valence-corrected chi connectivity index (χ3v) is 3.23. The molecule has 0 saturated carbocycles. The van der Waals surface area contributed by atoms with Gasteiger partial charge in [-0.05, 0) is 35.4 Å². The lowest BCUT2D eigenvalue weighted by molar-refractivity contribution is -0.137. The van der Waals surface area contributed by atoms with Crippen LogP contribution in [0.25, 0.3) is 5.57 Å². The van der Waals surface area contributed by atoms with Crippen LogP contribution in [0.15, 0.2) is 54.6 Å². The van der Waals surface area contributed by atoms with Gasteiger partial charge in [-0.1, -0.05) is 30.3 Å². The number of hydrogen-bond donors (Lipinski definition) is 0. The molecule has 1 aliphatic heterocycles. The molecule has 0 aliphatic carbocycles. The second-order valence-corrected chi connectivity index (χ2v) is 4.50. The highest BCUT2D eigenvalue weighted by Crippen LogP contribution is 2.35. The Morgan fingerprint density at radius 3 is 2.30 bits per heavy atom. The summed E-state index contributed by atoms with van der Waals surface area (Å²) >= 11 is 0. The second-order valence-electron chi connectivity index (χ2n) is 4.50. The van der Waals surface area contributed by atoms with E-state index < -0.39 is 11.7 Å². The van der Waals surface area contributed by atoms with Crippen LogP contribution in [-0.2, 0) is 6.18 Å². The van der Waals surface area contributed by atoms with Crippen molar-refractivity contribution in [1.29, 1.82) is 0 Å². The lowest BCUT2D eigenvalue weighted by Gasteiger charge is -2.19. The normalized spacial score (nSPS) is 14.2. The van der Waals surface area contributed by atoms with Crippen molar-refractivity contribution >= 4 is 5.57 Å². The number of benzene rings is 2.